The Morgan fingerprint density at radius 3 is 1.40 bits per heavy atom. The molecule has 0 unspecified atom stereocenters. The molecule has 10 heavy (non-hydrogen) atoms. The smallest absolute Gasteiger partial charge is 0.0666 e. The summed E-state index contributed by atoms with van der Waals surface area (Å²) < 4.78 is 0. The summed E-state index contributed by atoms with van der Waals surface area (Å²) in [5, 5.41) is 9.49. The second kappa shape index (κ2) is 16.1. The van der Waals surface area contributed by atoms with Crippen molar-refractivity contribution in [1.29, 1.82) is 0 Å². The number of carbonyl (C=O) groups excluding carboxylic acids is 1. The second-order valence-corrected chi connectivity index (χ2v) is 1.07. The molecule has 62 valence electrons. The average Bonchev–Trinajstić information content (AvgIpc) is 1.36. The van der Waals surface area contributed by atoms with Crippen LogP contribution in [0.1, 0.15) is 29.2 Å². The minimum absolute atomic E-state index is 0. The van der Waals surface area contributed by atoms with Crippen molar-refractivity contribution in [3.8, 4) is 0 Å². The molecule has 0 heterocycles. The Bertz CT molecular complexity index is 77.6. The Kier molecular flexibility index (Phi) is 51.5. The zero-order valence-corrected chi connectivity index (χ0v) is 7.91. The first-order valence-electron chi connectivity index (χ1n) is 1.51. The van der Waals surface area contributed by atoms with Gasteiger partial charge in [-0.25, -0.2) is 0 Å². The van der Waals surface area contributed by atoms with Crippen LogP contribution in [0.25, 0.3) is 0 Å². The molecule has 0 saturated heterocycles. The minimum Gasteiger partial charge on any atom is -0.545 e. The summed E-state index contributed by atoms with van der Waals surface area (Å²) in [6.07, 6.45) is 0. The van der Waals surface area contributed by atoms with Crippen molar-refractivity contribution < 1.29 is 9.90 Å². The van der Waals surface area contributed by atoms with Crippen molar-refractivity contribution in [3.63, 3.8) is 0 Å². The van der Waals surface area contributed by atoms with E-state index in [2.05, 4.69) is 6.58 Å². The molecular weight excluding hydrogens is 323 g/mol. The van der Waals surface area contributed by atoms with Crippen LogP contribution in [0.2, 0.25) is 0 Å². The van der Waals surface area contributed by atoms with Crippen molar-refractivity contribution in [3.05, 3.63) is 12.2 Å². The number of aliphatic carboxylic acids is 1. The van der Waals surface area contributed by atoms with E-state index in [0.717, 1.165) is 0 Å². The van der Waals surface area contributed by atoms with Crippen molar-refractivity contribution in [1.82, 2.24) is 0 Å². The van der Waals surface area contributed by atoms with E-state index in [9.17, 15) is 9.90 Å². The summed E-state index contributed by atoms with van der Waals surface area (Å²) in [6.45, 7) is 4.48. The monoisotopic (exact) mass is 341 g/mol. The van der Waals surface area contributed by atoms with E-state index >= 15 is 0 Å². The summed E-state index contributed by atoms with van der Waals surface area (Å²) >= 11 is 0. The van der Waals surface area contributed by atoms with Crippen LogP contribution in [0, 0.1) is 0 Å². The maximum Gasteiger partial charge on any atom is 0.0666 e. The Balaban J connectivity index is -0.0000000208. The SMILES string of the molecule is C.C.C.C=C(C)C(=O)[O-].[Pb]. The van der Waals surface area contributed by atoms with Crippen molar-refractivity contribution >= 4 is 33.3 Å². The zero-order valence-electron chi connectivity index (χ0n) is 4.02. The van der Waals surface area contributed by atoms with Crippen LogP contribution >= 0.6 is 0 Å². The Hall–Kier alpha value is 0.132. The van der Waals surface area contributed by atoms with E-state index in [-0.39, 0.29) is 55.2 Å². The van der Waals surface area contributed by atoms with Gasteiger partial charge in [0.05, 0.1) is 5.97 Å². The fraction of sp³-hybridized carbons (Fsp3) is 0.571. The van der Waals surface area contributed by atoms with Gasteiger partial charge in [-0.15, -0.1) is 0 Å². The van der Waals surface area contributed by atoms with E-state index < -0.39 is 5.97 Å². The maximum absolute atomic E-state index is 9.49. The predicted molar refractivity (Wildman–Crippen MR) is 45.8 cm³/mol. The van der Waals surface area contributed by atoms with Gasteiger partial charge < -0.3 is 9.90 Å². The number of rotatable bonds is 1. The van der Waals surface area contributed by atoms with Gasteiger partial charge >= 0.3 is 0 Å². The fourth-order valence-corrected chi connectivity index (χ4v) is 0. The van der Waals surface area contributed by atoms with Gasteiger partial charge in [-0.2, -0.15) is 0 Å². The molecule has 0 saturated carbocycles. The molecule has 0 fully saturated rings. The molecule has 3 heteroatoms. The van der Waals surface area contributed by atoms with Crippen molar-refractivity contribution in [2.75, 3.05) is 0 Å². The van der Waals surface area contributed by atoms with E-state index in [0.29, 0.717) is 0 Å². The van der Waals surface area contributed by atoms with Gasteiger partial charge in [0.25, 0.3) is 0 Å². The minimum atomic E-state index is -1.19. The van der Waals surface area contributed by atoms with Crippen LogP contribution < -0.4 is 5.11 Å². The number of carbonyl (C=O) groups is 1. The molecule has 4 radical (unpaired) electrons. The second-order valence-electron chi connectivity index (χ2n) is 1.07. The van der Waals surface area contributed by atoms with Gasteiger partial charge in [0, 0.05) is 27.3 Å². The van der Waals surface area contributed by atoms with E-state index in [1.807, 2.05) is 0 Å². The van der Waals surface area contributed by atoms with Crippen LogP contribution in [0.3, 0.4) is 0 Å². The third kappa shape index (κ3) is 24.2. The summed E-state index contributed by atoms with van der Waals surface area (Å²) in [5.74, 6) is -1.19. The number of carboxylic acids is 1. The van der Waals surface area contributed by atoms with Crippen molar-refractivity contribution in [2.45, 2.75) is 29.2 Å². The normalized spacial score (nSPS) is 4.50. The molecular formula is C7H17O2Pb-. The van der Waals surface area contributed by atoms with Crippen LogP contribution in [-0.4, -0.2) is 33.3 Å². The first kappa shape index (κ1) is 32.1. The zero-order chi connectivity index (χ0) is 5.15. The molecule has 0 rings (SSSR count). The van der Waals surface area contributed by atoms with Gasteiger partial charge in [0.2, 0.25) is 0 Å². The maximum atomic E-state index is 9.49. The standard InChI is InChI=1S/C4H6O2.3CH4.Pb/c1-3(2)4(5)6;;;;/h1H2,2H3,(H,5,6);3*1H4;/p-1. The summed E-state index contributed by atoms with van der Waals surface area (Å²) in [4.78, 5) is 9.49. The van der Waals surface area contributed by atoms with E-state index in [1.54, 1.807) is 0 Å². The number of carboxylic acid groups (broad SMARTS) is 1. The predicted octanol–water partition coefficient (Wildman–Crippen LogP) is 0.840. The van der Waals surface area contributed by atoms with Gasteiger partial charge in [-0.05, 0) is 12.5 Å². The molecule has 0 atom stereocenters. The molecule has 0 aromatic heterocycles. The summed E-state index contributed by atoms with van der Waals surface area (Å²) in [7, 11) is 0. The Morgan fingerprint density at radius 1 is 1.30 bits per heavy atom. The Morgan fingerprint density at radius 2 is 1.40 bits per heavy atom. The van der Waals surface area contributed by atoms with Gasteiger partial charge in [-0.1, -0.05) is 28.9 Å². The molecule has 0 aliphatic rings. The van der Waals surface area contributed by atoms with Crippen LogP contribution in [-0.2, 0) is 4.79 Å². The molecule has 0 aromatic carbocycles. The number of hydrogen-bond acceptors (Lipinski definition) is 2. The molecule has 2 nitrogen and oxygen atoms in total. The first-order valence-corrected chi connectivity index (χ1v) is 1.51. The summed E-state index contributed by atoms with van der Waals surface area (Å²) in [5.41, 5.74) is 0.0648. The molecule has 0 spiro atoms. The van der Waals surface area contributed by atoms with Crippen LogP contribution in [0.15, 0.2) is 12.2 Å². The molecule has 0 aliphatic heterocycles. The molecule has 0 aromatic rings. The third-order valence-electron chi connectivity index (χ3n) is 0.348. The molecule has 0 aliphatic carbocycles. The number of hydrogen-bond donors (Lipinski definition) is 0. The fourth-order valence-electron chi connectivity index (χ4n) is 0. The van der Waals surface area contributed by atoms with E-state index in [1.165, 1.54) is 6.92 Å². The average molecular weight is 340 g/mol. The molecule has 0 amide bonds. The molecule has 0 bridgehead atoms. The van der Waals surface area contributed by atoms with Gasteiger partial charge in [-0.3, -0.25) is 0 Å². The topological polar surface area (TPSA) is 40.1 Å². The van der Waals surface area contributed by atoms with Crippen LogP contribution in [0.4, 0.5) is 0 Å². The van der Waals surface area contributed by atoms with Gasteiger partial charge in [0.15, 0.2) is 0 Å². The largest absolute Gasteiger partial charge is 0.545 e. The summed E-state index contributed by atoms with van der Waals surface area (Å²) in [6, 6.07) is 0. The van der Waals surface area contributed by atoms with Gasteiger partial charge in [0.1, 0.15) is 0 Å². The quantitative estimate of drug-likeness (QED) is 0.524. The van der Waals surface area contributed by atoms with E-state index in [4.69, 9.17) is 0 Å². The van der Waals surface area contributed by atoms with Crippen LogP contribution in [0.5, 0.6) is 0 Å². The van der Waals surface area contributed by atoms with Crippen molar-refractivity contribution in [2.24, 2.45) is 0 Å². The third-order valence-corrected chi connectivity index (χ3v) is 0.348. The molecule has 0 N–H and O–H groups in total. The first-order chi connectivity index (χ1) is 2.64. The Labute approximate surface area is 84.5 Å².